The normalized spacial score (nSPS) is 19.9. The Bertz CT molecular complexity index is 508. The van der Waals surface area contributed by atoms with Crippen LogP contribution in [0.4, 0.5) is 0 Å². The molecule has 27 heavy (non-hydrogen) atoms. The van der Waals surface area contributed by atoms with Crippen molar-refractivity contribution in [2.45, 2.75) is 72.6 Å². The monoisotopic (exact) mass is 384 g/mol. The van der Waals surface area contributed by atoms with Crippen molar-refractivity contribution in [2.75, 3.05) is 13.1 Å². The number of carbonyl (C=O) groups excluding carboxylic acids is 3. The summed E-state index contributed by atoms with van der Waals surface area (Å²) in [6.45, 7) is 13.4. The molecule has 0 unspecified atom stereocenters. The average molecular weight is 385 g/mol. The molecular weight excluding hydrogens is 348 g/mol. The lowest BCUT2D eigenvalue weighted by atomic mass is 10.0. The number of hydrogen-bond donors (Lipinski definition) is 4. The Kier molecular flexibility index (Phi) is 9.73. The highest BCUT2D eigenvalue weighted by molar-refractivity contribution is 5.96. The largest absolute Gasteiger partial charge is 0.354 e. The minimum absolute atomic E-state index is 0.196. The minimum atomic E-state index is -0.844. The number of rotatable bonds is 12. The molecule has 8 nitrogen and oxygen atoms in total. The highest BCUT2D eigenvalue weighted by Gasteiger charge is 2.51. The van der Waals surface area contributed by atoms with Gasteiger partial charge in [0, 0.05) is 13.1 Å². The molecule has 0 aromatic carbocycles. The van der Waals surface area contributed by atoms with Gasteiger partial charge in [-0.25, -0.2) is 5.43 Å². The Morgan fingerprint density at radius 3 is 2.07 bits per heavy atom. The first-order valence-corrected chi connectivity index (χ1v) is 9.88. The van der Waals surface area contributed by atoms with Crippen LogP contribution in [0.2, 0.25) is 0 Å². The maximum atomic E-state index is 12.4. The van der Waals surface area contributed by atoms with Crippen LogP contribution in [0.15, 0.2) is 0 Å². The van der Waals surface area contributed by atoms with E-state index >= 15 is 0 Å². The van der Waals surface area contributed by atoms with Gasteiger partial charge >= 0.3 is 0 Å². The summed E-state index contributed by atoms with van der Waals surface area (Å²) in [5.41, 5.74) is 5.34. The van der Waals surface area contributed by atoms with E-state index < -0.39 is 24.2 Å². The van der Waals surface area contributed by atoms with Gasteiger partial charge in [0.15, 0.2) is 12.2 Å². The van der Waals surface area contributed by atoms with Crippen LogP contribution in [-0.4, -0.2) is 49.1 Å². The number of epoxide rings is 1. The van der Waals surface area contributed by atoms with Gasteiger partial charge in [0.1, 0.15) is 6.04 Å². The summed E-state index contributed by atoms with van der Waals surface area (Å²) in [4.78, 5) is 36.7. The van der Waals surface area contributed by atoms with Gasteiger partial charge in [-0.15, -0.1) is 0 Å². The standard InChI is InChI=1S/C19H36N4O4/c1-11(2)7-8-20-17(24)14(9-12(3)4)22-18(25)15-16(27-15)19(26)23-21-10-13(5)6/h11-16,21H,7-10H2,1-6H3,(H,20,24)(H,22,25)(H,23,26)/t14-,15-,16-/m0/s1. The predicted octanol–water partition coefficient (Wildman–Crippen LogP) is 0.724. The van der Waals surface area contributed by atoms with E-state index in [1.165, 1.54) is 0 Å². The predicted molar refractivity (Wildman–Crippen MR) is 103 cm³/mol. The molecular formula is C19H36N4O4. The zero-order valence-corrected chi connectivity index (χ0v) is 17.4. The van der Waals surface area contributed by atoms with Gasteiger partial charge in [-0.2, -0.15) is 0 Å². The lowest BCUT2D eigenvalue weighted by Gasteiger charge is -2.20. The van der Waals surface area contributed by atoms with E-state index in [-0.39, 0.29) is 17.7 Å². The van der Waals surface area contributed by atoms with Crippen molar-refractivity contribution in [3.05, 3.63) is 0 Å². The third-order valence-electron chi connectivity index (χ3n) is 4.09. The molecule has 0 aromatic heterocycles. The Balaban J connectivity index is 2.47. The number of nitrogens with one attached hydrogen (secondary N) is 4. The third-order valence-corrected chi connectivity index (χ3v) is 4.09. The van der Waals surface area contributed by atoms with Crippen LogP contribution in [0, 0.1) is 17.8 Å². The molecule has 0 spiro atoms. The molecule has 156 valence electrons. The fourth-order valence-corrected chi connectivity index (χ4v) is 2.49. The van der Waals surface area contributed by atoms with Crippen LogP contribution in [0.25, 0.3) is 0 Å². The van der Waals surface area contributed by atoms with Gasteiger partial charge in [-0.05, 0) is 30.6 Å². The van der Waals surface area contributed by atoms with Crippen LogP contribution in [0.5, 0.6) is 0 Å². The summed E-state index contributed by atoms with van der Waals surface area (Å²) in [6.07, 6.45) is -0.248. The highest BCUT2D eigenvalue weighted by atomic mass is 16.6. The zero-order valence-electron chi connectivity index (χ0n) is 17.4. The fraction of sp³-hybridized carbons (Fsp3) is 0.842. The Hall–Kier alpha value is -1.67. The highest BCUT2D eigenvalue weighted by Crippen LogP contribution is 2.22. The Morgan fingerprint density at radius 1 is 0.889 bits per heavy atom. The summed E-state index contributed by atoms with van der Waals surface area (Å²) in [5, 5.41) is 5.60. The van der Waals surface area contributed by atoms with Gasteiger partial charge in [0.2, 0.25) is 5.91 Å². The maximum absolute atomic E-state index is 12.4. The average Bonchev–Trinajstić information content (AvgIpc) is 3.33. The molecule has 1 heterocycles. The molecule has 1 aliphatic rings. The number of carbonyl (C=O) groups is 3. The zero-order chi connectivity index (χ0) is 20.6. The molecule has 4 N–H and O–H groups in total. The molecule has 0 aromatic rings. The number of amides is 3. The van der Waals surface area contributed by atoms with E-state index in [1.54, 1.807) is 0 Å². The van der Waals surface area contributed by atoms with Gasteiger partial charge < -0.3 is 15.4 Å². The number of hydrogen-bond acceptors (Lipinski definition) is 5. The van der Waals surface area contributed by atoms with Crippen molar-refractivity contribution in [3.8, 4) is 0 Å². The van der Waals surface area contributed by atoms with E-state index in [2.05, 4.69) is 35.3 Å². The third kappa shape index (κ3) is 9.19. The second kappa shape index (κ2) is 11.2. The van der Waals surface area contributed by atoms with E-state index in [0.29, 0.717) is 31.3 Å². The molecule has 1 fully saturated rings. The molecule has 0 aliphatic carbocycles. The maximum Gasteiger partial charge on any atom is 0.266 e. The van der Waals surface area contributed by atoms with Crippen molar-refractivity contribution in [3.63, 3.8) is 0 Å². The van der Waals surface area contributed by atoms with Crippen LogP contribution < -0.4 is 21.5 Å². The lowest BCUT2D eigenvalue weighted by Crippen LogP contribution is -2.50. The Morgan fingerprint density at radius 2 is 1.52 bits per heavy atom. The molecule has 1 saturated heterocycles. The van der Waals surface area contributed by atoms with Crippen molar-refractivity contribution in [1.82, 2.24) is 21.5 Å². The SMILES string of the molecule is CC(C)CCNC(=O)[C@H](CC(C)C)NC(=O)[C@H]1O[C@@H]1C(=O)NNCC(C)C. The molecule has 1 rings (SSSR count). The van der Waals surface area contributed by atoms with Crippen LogP contribution in [-0.2, 0) is 19.1 Å². The molecule has 8 heteroatoms. The lowest BCUT2D eigenvalue weighted by molar-refractivity contribution is -0.130. The van der Waals surface area contributed by atoms with Gasteiger partial charge in [0.05, 0.1) is 0 Å². The van der Waals surface area contributed by atoms with Crippen LogP contribution >= 0.6 is 0 Å². The second-order valence-corrected chi connectivity index (χ2v) is 8.41. The fourth-order valence-electron chi connectivity index (χ4n) is 2.49. The first kappa shape index (κ1) is 23.4. The molecule has 1 aliphatic heterocycles. The van der Waals surface area contributed by atoms with E-state index in [1.807, 2.05) is 27.7 Å². The summed E-state index contributed by atoms with van der Waals surface area (Å²) in [7, 11) is 0. The second-order valence-electron chi connectivity index (χ2n) is 8.41. The smallest absolute Gasteiger partial charge is 0.266 e. The van der Waals surface area contributed by atoms with Gasteiger partial charge in [0.25, 0.3) is 11.8 Å². The quantitative estimate of drug-likeness (QED) is 0.293. The topological polar surface area (TPSA) is 112 Å². The molecule has 0 saturated carbocycles. The van der Waals surface area contributed by atoms with E-state index in [9.17, 15) is 14.4 Å². The molecule has 3 amide bonds. The number of hydrazine groups is 1. The molecule has 0 bridgehead atoms. The summed E-state index contributed by atoms with van der Waals surface area (Å²) >= 11 is 0. The summed E-state index contributed by atoms with van der Waals surface area (Å²) < 4.78 is 5.20. The van der Waals surface area contributed by atoms with Crippen molar-refractivity contribution in [2.24, 2.45) is 17.8 Å². The van der Waals surface area contributed by atoms with Crippen LogP contribution in [0.1, 0.15) is 54.4 Å². The van der Waals surface area contributed by atoms with Crippen molar-refractivity contribution in [1.29, 1.82) is 0 Å². The summed E-state index contributed by atoms with van der Waals surface area (Å²) in [5.74, 6) is 0.118. The Labute approximate surface area is 162 Å². The van der Waals surface area contributed by atoms with Crippen molar-refractivity contribution >= 4 is 17.7 Å². The molecule has 0 radical (unpaired) electrons. The van der Waals surface area contributed by atoms with E-state index in [4.69, 9.17) is 4.74 Å². The first-order valence-electron chi connectivity index (χ1n) is 9.88. The number of ether oxygens (including phenoxy) is 1. The minimum Gasteiger partial charge on any atom is -0.354 e. The van der Waals surface area contributed by atoms with E-state index in [0.717, 1.165) is 6.42 Å². The first-order chi connectivity index (χ1) is 12.6. The van der Waals surface area contributed by atoms with Gasteiger partial charge in [-0.3, -0.25) is 19.8 Å². The molecule has 3 atom stereocenters. The van der Waals surface area contributed by atoms with Crippen LogP contribution in [0.3, 0.4) is 0 Å². The van der Waals surface area contributed by atoms with Gasteiger partial charge in [-0.1, -0.05) is 41.5 Å². The van der Waals surface area contributed by atoms with Crippen molar-refractivity contribution < 1.29 is 19.1 Å². The summed E-state index contributed by atoms with van der Waals surface area (Å²) in [6, 6.07) is -0.628.